The van der Waals surface area contributed by atoms with Gasteiger partial charge in [0.05, 0.1) is 0 Å². The SMILES string of the molecule is CC1Cc2c(c3cc(Cl)ccc3n2CCC2CCCNC2)C(C)N1. The van der Waals surface area contributed by atoms with Gasteiger partial charge in [0.25, 0.3) is 0 Å². The van der Waals surface area contributed by atoms with Gasteiger partial charge in [0.15, 0.2) is 0 Å². The van der Waals surface area contributed by atoms with E-state index < -0.39 is 0 Å². The van der Waals surface area contributed by atoms with E-state index in [4.69, 9.17) is 11.6 Å². The molecule has 1 aromatic carbocycles. The molecule has 2 N–H and O–H groups in total. The van der Waals surface area contributed by atoms with Crippen molar-refractivity contribution in [3.05, 3.63) is 34.5 Å². The molecule has 2 aliphatic heterocycles. The highest BCUT2D eigenvalue weighted by molar-refractivity contribution is 6.31. The van der Waals surface area contributed by atoms with E-state index in [0.29, 0.717) is 12.1 Å². The predicted molar refractivity (Wildman–Crippen MR) is 102 cm³/mol. The zero-order valence-electron chi connectivity index (χ0n) is 14.7. The Morgan fingerprint density at radius 2 is 2.17 bits per heavy atom. The zero-order valence-corrected chi connectivity index (χ0v) is 15.5. The second-order valence-corrected chi connectivity index (χ2v) is 8.10. The summed E-state index contributed by atoms with van der Waals surface area (Å²) in [5, 5.41) is 9.43. The molecule has 1 fully saturated rings. The van der Waals surface area contributed by atoms with Gasteiger partial charge in [0.2, 0.25) is 0 Å². The topological polar surface area (TPSA) is 29.0 Å². The molecule has 24 heavy (non-hydrogen) atoms. The molecular formula is C20H28ClN3. The summed E-state index contributed by atoms with van der Waals surface area (Å²) < 4.78 is 2.59. The van der Waals surface area contributed by atoms with Gasteiger partial charge in [-0.25, -0.2) is 0 Å². The van der Waals surface area contributed by atoms with Crippen LogP contribution in [0, 0.1) is 5.92 Å². The summed E-state index contributed by atoms with van der Waals surface area (Å²) in [6.07, 6.45) is 5.06. The van der Waals surface area contributed by atoms with Crippen LogP contribution in [0.15, 0.2) is 18.2 Å². The number of hydrogen-bond acceptors (Lipinski definition) is 2. The third-order valence-corrected chi connectivity index (χ3v) is 6.04. The molecule has 1 saturated heterocycles. The Morgan fingerprint density at radius 3 is 2.96 bits per heavy atom. The number of hydrogen-bond donors (Lipinski definition) is 2. The first kappa shape index (κ1) is 16.4. The molecule has 0 radical (unpaired) electrons. The van der Waals surface area contributed by atoms with Crippen molar-refractivity contribution in [1.29, 1.82) is 0 Å². The smallest absolute Gasteiger partial charge is 0.0487 e. The van der Waals surface area contributed by atoms with Crippen LogP contribution in [0.4, 0.5) is 0 Å². The molecule has 0 aliphatic carbocycles. The van der Waals surface area contributed by atoms with Gasteiger partial charge in [-0.15, -0.1) is 0 Å². The summed E-state index contributed by atoms with van der Waals surface area (Å²) in [5.74, 6) is 0.815. The monoisotopic (exact) mass is 345 g/mol. The van der Waals surface area contributed by atoms with Crippen LogP contribution in [0.25, 0.3) is 10.9 Å². The van der Waals surface area contributed by atoms with E-state index in [9.17, 15) is 0 Å². The lowest BCUT2D eigenvalue weighted by Gasteiger charge is -2.29. The molecule has 3 atom stereocenters. The summed E-state index contributed by atoms with van der Waals surface area (Å²) >= 11 is 6.31. The van der Waals surface area contributed by atoms with Crippen molar-refractivity contribution in [1.82, 2.24) is 15.2 Å². The fourth-order valence-electron chi connectivity index (χ4n) is 4.71. The largest absolute Gasteiger partial charge is 0.344 e. The third kappa shape index (κ3) is 2.98. The molecule has 3 nitrogen and oxygen atoms in total. The van der Waals surface area contributed by atoms with Crippen LogP contribution in [0.3, 0.4) is 0 Å². The van der Waals surface area contributed by atoms with Crippen LogP contribution in [0.2, 0.25) is 5.02 Å². The van der Waals surface area contributed by atoms with Gasteiger partial charge in [-0.05, 0) is 75.9 Å². The van der Waals surface area contributed by atoms with Crippen LogP contribution >= 0.6 is 11.6 Å². The Bertz CT molecular complexity index is 730. The quantitative estimate of drug-likeness (QED) is 0.869. The predicted octanol–water partition coefficient (Wildman–Crippen LogP) is 4.28. The van der Waals surface area contributed by atoms with Gasteiger partial charge >= 0.3 is 0 Å². The van der Waals surface area contributed by atoms with Crippen LogP contribution in [-0.4, -0.2) is 23.7 Å². The van der Waals surface area contributed by atoms with E-state index in [-0.39, 0.29) is 0 Å². The fourth-order valence-corrected chi connectivity index (χ4v) is 4.88. The molecular weight excluding hydrogens is 318 g/mol. The first-order chi connectivity index (χ1) is 11.6. The van der Waals surface area contributed by atoms with Crippen LogP contribution in [0.1, 0.15) is 50.4 Å². The molecule has 0 saturated carbocycles. The molecule has 2 aromatic rings. The number of nitrogens with zero attached hydrogens (tertiary/aromatic N) is 1. The lowest BCUT2D eigenvalue weighted by atomic mass is 9.94. The van der Waals surface area contributed by atoms with Gasteiger partial charge in [-0.1, -0.05) is 11.6 Å². The zero-order chi connectivity index (χ0) is 16.7. The Morgan fingerprint density at radius 1 is 1.29 bits per heavy atom. The Balaban J connectivity index is 1.72. The van der Waals surface area contributed by atoms with Crippen LogP contribution < -0.4 is 10.6 Å². The lowest BCUT2D eigenvalue weighted by Crippen LogP contribution is -2.36. The average molecular weight is 346 g/mol. The van der Waals surface area contributed by atoms with E-state index in [0.717, 1.165) is 23.9 Å². The lowest BCUT2D eigenvalue weighted by molar-refractivity contribution is 0.339. The van der Waals surface area contributed by atoms with E-state index in [2.05, 4.69) is 41.2 Å². The number of fused-ring (bicyclic) bond motifs is 3. The minimum atomic E-state index is 0.391. The number of aromatic nitrogens is 1. The number of rotatable bonds is 3. The summed E-state index contributed by atoms with van der Waals surface area (Å²) in [7, 11) is 0. The highest BCUT2D eigenvalue weighted by Gasteiger charge is 2.28. The maximum Gasteiger partial charge on any atom is 0.0487 e. The Kier molecular flexibility index (Phi) is 4.59. The number of benzene rings is 1. The molecule has 3 heterocycles. The minimum Gasteiger partial charge on any atom is -0.344 e. The van der Waals surface area contributed by atoms with Crippen LogP contribution in [-0.2, 0) is 13.0 Å². The van der Waals surface area contributed by atoms with Crippen molar-refractivity contribution in [3.8, 4) is 0 Å². The Labute approximate surface area is 149 Å². The number of aryl methyl sites for hydroxylation is 1. The number of nitrogens with one attached hydrogen (secondary N) is 2. The standard InChI is InChI=1S/C20H28ClN3/c1-13-10-19-20(14(2)23-13)17-11-16(21)5-6-18(17)24(19)9-7-15-4-3-8-22-12-15/h5-6,11,13-15,22-23H,3-4,7-10,12H2,1-2H3. The third-order valence-electron chi connectivity index (χ3n) is 5.80. The number of piperidine rings is 1. The molecule has 1 aromatic heterocycles. The van der Waals surface area contributed by atoms with Gasteiger partial charge < -0.3 is 15.2 Å². The molecule has 4 rings (SSSR count). The first-order valence-corrected chi connectivity index (χ1v) is 9.78. The maximum absolute atomic E-state index is 6.31. The molecule has 0 bridgehead atoms. The van der Waals surface area contributed by atoms with Crippen molar-refractivity contribution >= 4 is 22.5 Å². The average Bonchev–Trinajstić information content (AvgIpc) is 2.86. The van der Waals surface area contributed by atoms with Crippen molar-refractivity contribution in [2.24, 2.45) is 5.92 Å². The molecule has 130 valence electrons. The van der Waals surface area contributed by atoms with Gasteiger partial charge in [-0.3, -0.25) is 0 Å². The normalized spacial score (nSPS) is 27.4. The summed E-state index contributed by atoms with van der Waals surface area (Å²) in [4.78, 5) is 0. The van der Waals surface area contributed by atoms with E-state index in [1.165, 1.54) is 54.5 Å². The highest BCUT2D eigenvalue weighted by Crippen LogP contribution is 2.37. The molecule has 0 amide bonds. The van der Waals surface area contributed by atoms with E-state index in [1.54, 1.807) is 0 Å². The van der Waals surface area contributed by atoms with Gasteiger partial charge in [-0.2, -0.15) is 0 Å². The molecule has 4 heteroatoms. The van der Waals surface area contributed by atoms with Crippen molar-refractivity contribution in [2.45, 2.75) is 58.2 Å². The Hall–Kier alpha value is -1.03. The minimum absolute atomic E-state index is 0.391. The van der Waals surface area contributed by atoms with Crippen molar-refractivity contribution < 1.29 is 0 Å². The first-order valence-electron chi connectivity index (χ1n) is 9.40. The van der Waals surface area contributed by atoms with Gasteiger partial charge in [0.1, 0.15) is 0 Å². The number of halogens is 1. The van der Waals surface area contributed by atoms with E-state index >= 15 is 0 Å². The van der Waals surface area contributed by atoms with Gasteiger partial charge in [0, 0.05) is 46.7 Å². The summed E-state index contributed by atoms with van der Waals surface area (Å²) in [6, 6.07) is 7.33. The summed E-state index contributed by atoms with van der Waals surface area (Å²) in [5.41, 5.74) is 4.35. The maximum atomic E-state index is 6.31. The van der Waals surface area contributed by atoms with Crippen molar-refractivity contribution in [3.63, 3.8) is 0 Å². The van der Waals surface area contributed by atoms with Crippen LogP contribution in [0.5, 0.6) is 0 Å². The fraction of sp³-hybridized carbons (Fsp3) is 0.600. The second-order valence-electron chi connectivity index (χ2n) is 7.67. The highest BCUT2D eigenvalue weighted by atomic mass is 35.5. The molecule has 3 unspecified atom stereocenters. The second kappa shape index (κ2) is 6.70. The molecule has 2 aliphatic rings. The molecule has 0 spiro atoms. The van der Waals surface area contributed by atoms with Crippen molar-refractivity contribution in [2.75, 3.05) is 13.1 Å². The summed E-state index contributed by atoms with van der Waals surface area (Å²) in [6.45, 7) is 8.07. The van der Waals surface area contributed by atoms with E-state index in [1.807, 2.05) is 6.07 Å².